The number of fused-ring (bicyclic) bond motifs is 1. The second kappa shape index (κ2) is 6.94. The lowest BCUT2D eigenvalue weighted by Gasteiger charge is -2.20. The summed E-state index contributed by atoms with van der Waals surface area (Å²) >= 11 is 2.81. The van der Waals surface area contributed by atoms with E-state index in [1.807, 2.05) is 17.5 Å². The molecule has 0 saturated heterocycles. The molecule has 9 heteroatoms. The van der Waals surface area contributed by atoms with Crippen LogP contribution in [0.1, 0.15) is 10.6 Å². The standard InChI is InChI=1S/C20H12FN5OS2/c21-12-4-1-5-13(10-12)25-8-2-6-14(25)11-15-17(22)26-20(23-18(15)27)29-19(24-26)16-7-3-9-28-16/h1-11,22H/b15-11-,22-17?. The molecule has 0 aliphatic carbocycles. The van der Waals surface area contributed by atoms with E-state index in [9.17, 15) is 9.18 Å². The number of rotatable bonds is 3. The number of benzene rings is 1. The quantitative estimate of drug-likeness (QED) is 0.639. The monoisotopic (exact) mass is 421 g/mol. The zero-order valence-corrected chi connectivity index (χ0v) is 16.4. The molecule has 2 aliphatic heterocycles. The molecule has 0 atom stereocenters. The van der Waals surface area contributed by atoms with Gasteiger partial charge in [-0.25, -0.2) is 4.39 Å². The first-order valence-electron chi connectivity index (χ1n) is 8.57. The van der Waals surface area contributed by atoms with Crippen molar-refractivity contribution in [2.75, 3.05) is 0 Å². The number of aliphatic imine (C=N–C) groups is 1. The molecule has 3 aromatic rings. The summed E-state index contributed by atoms with van der Waals surface area (Å²) in [5, 5.41) is 17.4. The highest BCUT2D eigenvalue weighted by atomic mass is 32.2. The summed E-state index contributed by atoms with van der Waals surface area (Å²) in [6.07, 6.45) is 3.35. The Bertz CT molecular complexity index is 1240. The lowest BCUT2D eigenvalue weighted by atomic mass is 10.1. The Hall–Kier alpha value is -3.30. The van der Waals surface area contributed by atoms with Crippen LogP contribution in [0.3, 0.4) is 0 Å². The van der Waals surface area contributed by atoms with Crippen molar-refractivity contribution in [2.24, 2.45) is 10.1 Å². The molecule has 0 bridgehead atoms. The molecule has 0 fully saturated rings. The molecule has 29 heavy (non-hydrogen) atoms. The van der Waals surface area contributed by atoms with Crippen LogP contribution in [0.15, 0.2) is 75.8 Å². The predicted molar refractivity (Wildman–Crippen MR) is 114 cm³/mol. The third-order valence-corrected chi connectivity index (χ3v) is 6.29. The summed E-state index contributed by atoms with van der Waals surface area (Å²) in [5.41, 5.74) is 1.38. The number of hydrazone groups is 1. The molecule has 142 valence electrons. The molecular weight excluding hydrogens is 409 g/mol. The number of hydrogen-bond acceptors (Lipinski definition) is 5. The second-order valence-corrected chi connectivity index (χ2v) is 8.09. The Morgan fingerprint density at radius 1 is 1.14 bits per heavy atom. The van der Waals surface area contributed by atoms with Gasteiger partial charge in [0.25, 0.3) is 5.91 Å². The molecule has 0 spiro atoms. The van der Waals surface area contributed by atoms with E-state index < -0.39 is 5.91 Å². The Kier molecular flexibility index (Phi) is 4.26. The number of aromatic nitrogens is 1. The molecule has 0 saturated carbocycles. The fraction of sp³-hybridized carbons (Fsp3) is 0. The smallest absolute Gasteiger partial charge is 0.283 e. The summed E-state index contributed by atoms with van der Waals surface area (Å²) in [6, 6.07) is 13.6. The van der Waals surface area contributed by atoms with Gasteiger partial charge >= 0.3 is 0 Å². The predicted octanol–water partition coefficient (Wildman–Crippen LogP) is 4.35. The SMILES string of the molecule is N=C1/C(=C/c2cccn2-c2cccc(F)c2)C(=O)N=C2SC(c3cccs3)=NN12. The van der Waals surface area contributed by atoms with Crippen LogP contribution in [0.4, 0.5) is 4.39 Å². The van der Waals surface area contributed by atoms with E-state index in [0.717, 1.165) is 4.88 Å². The first kappa shape index (κ1) is 17.8. The van der Waals surface area contributed by atoms with Gasteiger partial charge in [-0.3, -0.25) is 10.2 Å². The average molecular weight is 421 g/mol. The van der Waals surface area contributed by atoms with Gasteiger partial charge < -0.3 is 4.57 Å². The highest BCUT2D eigenvalue weighted by molar-refractivity contribution is 8.27. The Labute approximate surface area is 173 Å². The van der Waals surface area contributed by atoms with E-state index in [1.54, 1.807) is 41.1 Å². The van der Waals surface area contributed by atoms with Crippen molar-refractivity contribution >= 4 is 51.1 Å². The van der Waals surface area contributed by atoms with E-state index in [2.05, 4.69) is 10.1 Å². The number of thioether (sulfide) groups is 1. The van der Waals surface area contributed by atoms with E-state index in [1.165, 1.54) is 40.2 Å². The van der Waals surface area contributed by atoms with E-state index in [4.69, 9.17) is 5.41 Å². The van der Waals surface area contributed by atoms with E-state index in [-0.39, 0.29) is 17.2 Å². The molecule has 1 N–H and O–H groups in total. The number of thiophene rings is 1. The van der Waals surface area contributed by atoms with Crippen molar-refractivity contribution in [3.63, 3.8) is 0 Å². The molecule has 2 aromatic heterocycles. The minimum atomic E-state index is -0.497. The maximum Gasteiger partial charge on any atom is 0.283 e. The number of nitrogens with one attached hydrogen (secondary N) is 1. The minimum absolute atomic E-state index is 0.0361. The summed E-state index contributed by atoms with van der Waals surface area (Å²) in [7, 11) is 0. The number of amides is 1. The van der Waals surface area contributed by atoms with Crippen molar-refractivity contribution in [1.29, 1.82) is 5.41 Å². The van der Waals surface area contributed by atoms with Gasteiger partial charge in [0.1, 0.15) is 10.9 Å². The number of hydrogen-bond donors (Lipinski definition) is 1. The minimum Gasteiger partial charge on any atom is -0.317 e. The van der Waals surface area contributed by atoms with Crippen LogP contribution in [0.25, 0.3) is 11.8 Å². The highest BCUT2D eigenvalue weighted by Gasteiger charge is 2.36. The van der Waals surface area contributed by atoms with Crippen LogP contribution in [-0.2, 0) is 4.79 Å². The molecule has 2 aliphatic rings. The molecule has 5 rings (SSSR count). The van der Waals surface area contributed by atoms with Gasteiger partial charge in [-0.1, -0.05) is 12.1 Å². The third kappa shape index (κ3) is 3.14. The molecule has 1 amide bonds. The molecule has 4 heterocycles. The second-order valence-electron chi connectivity index (χ2n) is 6.19. The molecule has 0 radical (unpaired) electrons. The zero-order chi connectivity index (χ0) is 20.0. The first-order chi connectivity index (χ1) is 14.1. The van der Waals surface area contributed by atoms with Gasteiger partial charge in [-0.05, 0) is 59.6 Å². The molecule has 0 unspecified atom stereocenters. The molecular formula is C20H12FN5OS2. The van der Waals surface area contributed by atoms with Crippen LogP contribution in [0.5, 0.6) is 0 Å². The number of carbonyl (C=O) groups is 1. The Morgan fingerprint density at radius 3 is 2.83 bits per heavy atom. The van der Waals surface area contributed by atoms with Gasteiger partial charge in [0.05, 0.1) is 10.5 Å². The average Bonchev–Trinajstić information content (AvgIpc) is 3.44. The van der Waals surface area contributed by atoms with Crippen molar-refractivity contribution in [3.05, 3.63) is 82.1 Å². The van der Waals surface area contributed by atoms with E-state index in [0.29, 0.717) is 21.6 Å². The first-order valence-corrected chi connectivity index (χ1v) is 10.3. The molecule has 6 nitrogen and oxygen atoms in total. The Balaban J connectivity index is 1.52. The summed E-state index contributed by atoms with van der Waals surface area (Å²) < 4.78 is 15.4. The lowest BCUT2D eigenvalue weighted by molar-refractivity contribution is -0.114. The van der Waals surface area contributed by atoms with Gasteiger partial charge in [0.15, 0.2) is 5.84 Å². The van der Waals surface area contributed by atoms with Crippen molar-refractivity contribution in [1.82, 2.24) is 9.58 Å². The summed E-state index contributed by atoms with van der Waals surface area (Å²) in [5.74, 6) is -0.885. The maximum atomic E-state index is 13.6. The van der Waals surface area contributed by atoms with Crippen molar-refractivity contribution < 1.29 is 9.18 Å². The van der Waals surface area contributed by atoms with E-state index >= 15 is 0 Å². The van der Waals surface area contributed by atoms with Crippen LogP contribution < -0.4 is 0 Å². The lowest BCUT2D eigenvalue weighted by Crippen LogP contribution is -2.35. The largest absolute Gasteiger partial charge is 0.317 e. The van der Waals surface area contributed by atoms with Crippen LogP contribution in [0, 0.1) is 11.2 Å². The number of nitrogens with zero attached hydrogens (tertiary/aromatic N) is 4. The van der Waals surface area contributed by atoms with Gasteiger partial charge in [0.2, 0.25) is 5.17 Å². The number of amidine groups is 2. The van der Waals surface area contributed by atoms with Crippen LogP contribution in [-0.4, -0.2) is 31.5 Å². The summed E-state index contributed by atoms with van der Waals surface area (Å²) in [4.78, 5) is 17.7. The number of carbonyl (C=O) groups excluding carboxylic acids is 1. The maximum absolute atomic E-state index is 13.6. The van der Waals surface area contributed by atoms with Gasteiger partial charge in [-0.2, -0.15) is 15.1 Å². The number of halogens is 1. The fourth-order valence-corrected chi connectivity index (χ4v) is 4.70. The topological polar surface area (TPSA) is 73.8 Å². The van der Waals surface area contributed by atoms with Gasteiger partial charge in [0, 0.05) is 17.6 Å². The highest BCUT2D eigenvalue weighted by Crippen LogP contribution is 2.32. The molecule has 1 aromatic carbocycles. The third-order valence-electron chi connectivity index (χ3n) is 4.35. The Morgan fingerprint density at radius 2 is 2.03 bits per heavy atom. The van der Waals surface area contributed by atoms with Crippen LogP contribution >= 0.6 is 23.1 Å². The van der Waals surface area contributed by atoms with Crippen LogP contribution in [0.2, 0.25) is 0 Å². The van der Waals surface area contributed by atoms with Gasteiger partial charge in [-0.15, -0.1) is 11.3 Å². The van der Waals surface area contributed by atoms with Crippen molar-refractivity contribution in [3.8, 4) is 5.69 Å². The van der Waals surface area contributed by atoms with Crippen molar-refractivity contribution in [2.45, 2.75) is 0 Å². The fourth-order valence-electron chi connectivity index (χ4n) is 3.01. The summed E-state index contributed by atoms with van der Waals surface area (Å²) in [6.45, 7) is 0. The zero-order valence-electron chi connectivity index (χ0n) is 14.7. The normalized spacial score (nSPS) is 17.6.